The first kappa shape index (κ1) is 23.7. The number of ether oxygens (including phenoxy) is 1. The van der Waals surface area contributed by atoms with Crippen LogP contribution in [0.2, 0.25) is 0 Å². The van der Waals surface area contributed by atoms with Crippen molar-refractivity contribution in [3.63, 3.8) is 0 Å². The summed E-state index contributed by atoms with van der Waals surface area (Å²) in [4.78, 5) is 31.2. The molecule has 4 aromatic rings. The fourth-order valence-corrected chi connectivity index (χ4v) is 4.87. The molecule has 0 bridgehead atoms. The molecule has 0 radical (unpaired) electrons. The second-order valence-electron chi connectivity index (χ2n) is 8.57. The van der Waals surface area contributed by atoms with Crippen molar-refractivity contribution in [3.05, 3.63) is 99.7 Å². The number of carbonyl (C=O) groups excluding carboxylic acids is 2. The van der Waals surface area contributed by atoms with Crippen LogP contribution in [-0.2, 0) is 16.0 Å². The van der Waals surface area contributed by atoms with E-state index in [1.807, 2.05) is 24.4 Å². The number of H-pyrrole nitrogens is 1. The van der Waals surface area contributed by atoms with Crippen LogP contribution < -0.4 is 4.74 Å². The van der Waals surface area contributed by atoms with Crippen molar-refractivity contribution >= 4 is 44.3 Å². The number of methoxy groups -OCH3 is 1. The minimum Gasteiger partial charge on any atom is -0.508 e. The van der Waals surface area contributed by atoms with Crippen LogP contribution in [0.15, 0.2) is 83.0 Å². The summed E-state index contributed by atoms with van der Waals surface area (Å²) < 4.78 is 6.17. The highest BCUT2D eigenvalue weighted by Gasteiger charge is 2.45. The van der Waals surface area contributed by atoms with Crippen LogP contribution >= 0.6 is 15.9 Å². The lowest BCUT2D eigenvalue weighted by Gasteiger charge is -2.25. The summed E-state index contributed by atoms with van der Waals surface area (Å²) in [5, 5.41) is 21.9. The number of aliphatic hydroxyl groups excluding tert-OH is 1. The number of Topliss-reactive ketones (excluding diaryl/α,β-unsaturated/α-hetero) is 1. The van der Waals surface area contributed by atoms with Crippen molar-refractivity contribution in [3.8, 4) is 11.5 Å². The van der Waals surface area contributed by atoms with Gasteiger partial charge in [-0.2, -0.15) is 0 Å². The number of aromatic hydroxyl groups is 1. The fourth-order valence-electron chi connectivity index (χ4n) is 4.61. The van der Waals surface area contributed by atoms with Gasteiger partial charge in [0.1, 0.15) is 17.3 Å². The lowest BCUT2D eigenvalue weighted by molar-refractivity contribution is -0.139. The highest BCUT2D eigenvalue weighted by atomic mass is 79.9. The molecule has 1 aliphatic heterocycles. The third kappa shape index (κ3) is 4.24. The number of aliphatic hydroxyl groups is 1. The summed E-state index contributed by atoms with van der Waals surface area (Å²) in [5.74, 6) is -0.866. The molecule has 0 spiro atoms. The number of hydrogen-bond acceptors (Lipinski definition) is 5. The Morgan fingerprint density at radius 3 is 2.47 bits per heavy atom. The molecule has 0 saturated carbocycles. The van der Waals surface area contributed by atoms with Gasteiger partial charge >= 0.3 is 0 Å². The van der Waals surface area contributed by atoms with Gasteiger partial charge in [0.05, 0.1) is 18.7 Å². The molecular weight excluding hydrogens is 524 g/mol. The molecule has 7 nitrogen and oxygen atoms in total. The molecule has 182 valence electrons. The number of likely N-dealkylation sites (tertiary alicyclic amines) is 1. The molecule has 3 N–H and O–H groups in total. The number of amides is 1. The van der Waals surface area contributed by atoms with Gasteiger partial charge in [-0.3, -0.25) is 9.59 Å². The number of nitrogens with one attached hydrogen (secondary N) is 1. The van der Waals surface area contributed by atoms with Crippen molar-refractivity contribution in [2.75, 3.05) is 13.7 Å². The first-order valence-corrected chi connectivity index (χ1v) is 12.1. The Labute approximate surface area is 215 Å². The topological polar surface area (TPSA) is 103 Å². The summed E-state index contributed by atoms with van der Waals surface area (Å²) in [6, 6.07) is 18.1. The number of aromatic amines is 1. The van der Waals surface area contributed by atoms with E-state index in [-0.39, 0.29) is 23.6 Å². The van der Waals surface area contributed by atoms with E-state index in [1.54, 1.807) is 43.5 Å². The zero-order valence-electron chi connectivity index (χ0n) is 19.4. The number of halogens is 1. The molecule has 1 aliphatic rings. The van der Waals surface area contributed by atoms with E-state index < -0.39 is 17.7 Å². The number of phenols is 1. The number of hydrogen-bond donors (Lipinski definition) is 3. The van der Waals surface area contributed by atoms with E-state index >= 15 is 0 Å². The van der Waals surface area contributed by atoms with Gasteiger partial charge in [0.2, 0.25) is 0 Å². The molecule has 0 unspecified atom stereocenters. The summed E-state index contributed by atoms with van der Waals surface area (Å²) in [7, 11) is 1.61. The number of benzene rings is 3. The second kappa shape index (κ2) is 9.54. The summed E-state index contributed by atoms with van der Waals surface area (Å²) in [6.07, 6.45) is 2.37. The Morgan fingerprint density at radius 1 is 1.06 bits per heavy atom. The normalized spacial score (nSPS) is 17.2. The second-order valence-corrected chi connectivity index (χ2v) is 9.48. The van der Waals surface area contributed by atoms with Gasteiger partial charge in [-0.1, -0.05) is 40.2 Å². The van der Waals surface area contributed by atoms with Crippen LogP contribution in [-0.4, -0.2) is 45.4 Å². The van der Waals surface area contributed by atoms with Crippen LogP contribution in [0.25, 0.3) is 16.7 Å². The van der Waals surface area contributed by atoms with Gasteiger partial charge in [-0.15, -0.1) is 0 Å². The average Bonchev–Trinajstić information content (AvgIpc) is 3.40. The number of phenolic OH excluding ortho intramolecular Hbond substituents is 1. The van der Waals surface area contributed by atoms with E-state index in [2.05, 4.69) is 20.9 Å². The zero-order valence-corrected chi connectivity index (χ0v) is 21.0. The number of aromatic nitrogens is 1. The molecule has 1 atom stereocenters. The summed E-state index contributed by atoms with van der Waals surface area (Å²) in [5.41, 5.74) is 2.99. The van der Waals surface area contributed by atoms with Crippen molar-refractivity contribution in [1.29, 1.82) is 0 Å². The first-order chi connectivity index (χ1) is 17.4. The largest absolute Gasteiger partial charge is 0.508 e. The average molecular weight is 547 g/mol. The number of carbonyl (C=O) groups is 2. The maximum absolute atomic E-state index is 13.2. The highest BCUT2D eigenvalue weighted by molar-refractivity contribution is 9.10. The van der Waals surface area contributed by atoms with E-state index in [4.69, 9.17) is 4.74 Å². The Kier molecular flexibility index (Phi) is 6.28. The van der Waals surface area contributed by atoms with Crippen molar-refractivity contribution in [2.45, 2.75) is 12.5 Å². The molecule has 1 aromatic heterocycles. The zero-order chi connectivity index (χ0) is 25.4. The molecule has 1 fully saturated rings. The van der Waals surface area contributed by atoms with Crippen LogP contribution in [0, 0.1) is 0 Å². The van der Waals surface area contributed by atoms with Gasteiger partial charge in [0, 0.05) is 33.7 Å². The maximum Gasteiger partial charge on any atom is 0.295 e. The van der Waals surface area contributed by atoms with E-state index in [1.165, 1.54) is 17.0 Å². The first-order valence-electron chi connectivity index (χ1n) is 11.3. The lowest BCUT2D eigenvalue weighted by Crippen LogP contribution is -2.31. The van der Waals surface area contributed by atoms with Crippen LogP contribution in [0.3, 0.4) is 0 Å². The lowest BCUT2D eigenvalue weighted by atomic mass is 9.95. The molecule has 8 heteroatoms. The number of nitrogens with zero attached hydrogens (tertiary/aromatic N) is 1. The predicted molar refractivity (Wildman–Crippen MR) is 140 cm³/mol. The SMILES string of the molecule is COc1ccc2[nH]cc(CCN3C(=O)C(=O)C(=C(O)c4ccc(Br)cc4)[C@H]3c3ccc(O)cc3)c2c1. The monoisotopic (exact) mass is 546 g/mol. The van der Waals surface area contributed by atoms with Gasteiger partial charge in [0.25, 0.3) is 11.7 Å². The maximum atomic E-state index is 13.2. The Hall–Kier alpha value is -4.04. The Balaban J connectivity index is 1.55. The molecule has 3 aromatic carbocycles. The van der Waals surface area contributed by atoms with E-state index in [0.29, 0.717) is 17.5 Å². The molecule has 5 rings (SSSR count). The number of ketones is 1. The van der Waals surface area contributed by atoms with Crippen LogP contribution in [0.5, 0.6) is 11.5 Å². The molecule has 1 amide bonds. The minimum atomic E-state index is -0.797. The van der Waals surface area contributed by atoms with Crippen LogP contribution in [0.1, 0.15) is 22.7 Å². The third-order valence-electron chi connectivity index (χ3n) is 6.46. The number of rotatable bonds is 6. The van der Waals surface area contributed by atoms with Gasteiger partial charge in [0.15, 0.2) is 0 Å². The van der Waals surface area contributed by atoms with Crippen LogP contribution in [0.4, 0.5) is 0 Å². The standard InChI is InChI=1S/C28H23BrN2O5/c1-36-21-10-11-23-22(14-21)18(15-30-23)12-13-31-25(16-4-8-20(32)9-5-16)24(27(34)28(31)35)26(33)17-2-6-19(29)7-3-17/h2-11,14-15,25,30,32-33H,12-13H2,1H3/t25-/m1/s1. The Bertz CT molecular complexity index is 1490. The van der Waals surface area contributed by atoms with Gasteiger partial charge in [-0.05, 0) is 60.0 Å². The molecule has 2 heterocycles. The Morgan fingerprint density at radius 2 is 1.78 bits per heavy atom. The molecular formula is C28H23BrN2O5. The summed E-state index contributed by atoms with van der Waals surface area (Å²) >= 11 is 3.37. The number of fused-ring (bicyclic) bond motifs is 1. The van der Waals surface area contributed by atoms with Gasteiger partial charge < -0.3 is 24.8 Å². The minimum absolute atomic E-state index is 0.0219. The third-order valence-corrected chi connectivity index (χ3v) is 6.99. The van der Waals surface area contributed by atoms with E-state index in [0.717, 1.165) is 26.7 Å². The van der Waals surface area contributed by atoms with Gasteiger partial charge in [-0.25, -0.2) is 0 Å². The van der Waals surface area contributed by atoms with Crippen molar-refractivity contribution in [2.24, 2.45) is 0 Å². The fraction of sp³-hybridized carbons (Fsp3) is 0.143. The molecule has 36 heavy (non-hydrogen) atoms. The summed E-state index contributed by atoms with van der Waals surface area (Å²) in [6.45, 7) is 0.247. The van der Waals surface area contributed by atoms with E-state index in [9.17, 15) is 19.8 Å². The predicted octanol–water partition coefficient (Wildman–Crippen LogP) is 5.31. The smallest absolute Gasteiger partial charge is 0.295 e. The molecule has 0 aliphatic carbocycles. The van der Waals surface area contributed by atoms with Crippen molar-refractivity contribution in [1.82, 2.24) is 9.88 Å². The quantitative estimate of drug-likeness (QED) is 0.173. The highest BCUT2D eigenvalue weighted by Crippen LogP contribution is 2.40. The van der Waals surface area contributed by atoms with Crippen molar-refractivity contribution < 1.29 is 24.5 Å². The molecule has 1 saturated heterocycles.